The number of hydrogen-bond acceptors (Lipinski definition) is 2. The molecule has 0 atom stereocenters. The number of rotatable bonds is 4. The van der Waals surface area contributed by atoms with Gasteiger partial charge in [0.2, 0.25) is 0 Å². The molecule has 0 spiro atoms. The fraction of sp³-hybridized carbons (Fsp3) is 0.188. The topological polar surface area (TPSA) is 27.1 Å². The highest BCUT2D eigenvalue weighted by Gasteiger charge is 2.06. The molecule has 3 heteroatoms. The van der Waals surface area contributed by atoms with Crippen LogP contribution in [-0.4, -0.2) is 16.2 Å². The van der Waals surface area contributed by atoms with Gasteiger partial charge >= 0.3 is 0 Å². The van der Waals surface area contributed by atoms with Crippen molar-refractivity contribution in [2.24, 2.45) is 0 Å². The van der Waals surface area contributed by atoms with Crippen LogP contribution in [0.25, 0.3) is 10.9 Å². The fourth-order valence-corrected chi connectivity index (χ4v) is 2.30. The van der Waals surface area contributed by atoms with Gasteiger partial charge in [0.1, 0.15) is 5.75 Å². The number of benzene rings is 1. The van der Waals surface area contributed by atoms with E-state index in [1.54, 1.807) is 6.20 Å². The fourth-order valence-electron chi connectivity index (χ4n) is 2.30. The van der Waals surface area contributed by atoms with E-state index in [0.717, 1.165) is 17.7 Å². The number of nitrogens with zero attached hydrogens (tertiary/aromatic N) is 2. The summed E-state index contributed by atoms with van der Waals surface area (Å²) in [6.45, 7) is 3.52. The zero-order chi connectivity index (χ0) is 13.1. The second-order valence-corrected chi connectivity index (χ2v) is 4.43. The van der Waals surface area contributed by atoms with Crippen LogP contribution < -0.4 is 4.74 Å². The molecule has 0 N–H and O–H groups in total. The average Bonchev–Trinajstić information content (AvgIpc) is 2.85. The summed E-state index contributed by atoms with van der Waals surface area (Å²) < 4.78 is 7.87. The summed E-state index contributed by atoms with van der Waals surface area (Å²) in [5, 5.41) is 1.16. The van der Waals surface area contributed by atoms with Crippen LogP contribution in [-0.2, 0) is 6.54 Å². The Hall–Kier alpha value is -2.29. The second-order valence-electron chi connectivity index (χ2n) is 4.43. The number of pyridine rings is 1. The monoisotopic (exact) mass is 252 g/mol. The molecule has 0 bridgehead atoms. The molecule has 0 aliphatic heterocycles. The van der Waals surface area contributed by atoms with Crippen LogP contribution >= 0.6 is 0 Å². The molecule has 0 aliphatic rings. The van der Waals surface area contributed by atoms with E-state index in [-0.39, 0.29) is 0 Å². The molecular weight excluding hydrogens is 236 g/mol. The van der Waals surface area contributed by atoms with Gasteiger partial charge in [-0.3, -0.25) is 4.98 Å². The average molecular weight is 252 g/mol. The van der Waals surface area contributed by atoms with Gasteiger partial charge in [0.25, 0.3) is 0 Å². The summed E-state index contributed by atoms with van der Waals surface area (Å²) in [4.78, 5) is 4.15. The minimum Gasteiger partial charge on any atom is -0.493 e. The Morgan fingerprint density at radius 2 is 2.11 bits per heavy atom. The van der Waals surface area contributed by atoms with Crippen LogP contribution in [0.1, 0.15) is 12.5 Å². The van der Waals surface area contributed by atoms with E-state index in [1.807, 2.05) is 31.3 Å². The Morgan fingerprint density at radius 3 is 2.89 bits per heavy atom. The van der Waals surface area contributed by atoms with Gasteiger partial charge in [-0.25, -0.2) is 0 Å². The van der Waals surface area contributed by atoms with Gasteiger partial charge in [-0.05, 0) is 36.8 Å². The lowest BCUT2D eigenvalue weighted by Gasteiger charge is -2.07. The molecule has 1 aromatic carbocycles. The summed E-state index contributed by atoms with van der Waals surface area (Å²) >= 11 is 0. The first-order valence-electron chi connectivity index (χ1n) is 6.48. The third kappa shape index (κ3) is 2.32. The van der Waals surface area contributed by atoms with Crippen molar-refractivity contribution in [2.45, 2.75) is 13.5 Å². The number of ether oxygens (including phenoxy) is 1. The van der Waals surface area contributed by atoms with Crippen LogP contribution in [0.2, 0.25) is 0 Å². The quantitative estimate of drug-likeness (QED) is 0.710. The molecule has 0 aliphatic carbocycles. The first-order chi connectivity index (χ1) is 9.38. The lowest BCUT2D eigenvalue weighted by atomic mass is 10.2. The van der Waals surface area contributed by atoms with Gasteiger partial charge in [0.05, 0.1) is 12.1 Å². The Bertz CT molecular complexity index is 674. The Balaban J connectivity index is 1.99. The lowest BCUT2D eigenvalue weighted by Crippen LogP contribution is -1.98. The molecule has 0 fully saturated rings. The van der Waals surface area contributed by atoms with Crippen LogP contribution in [0.3, 0.4) is 0 Å². The number of aromatic nitrogens is 2. The number of fused-ring (bicyclic) bond motifs is 1. The SMILES string of the molecule is CCOc1cccc2c1ccn2Cc1cccnc1. The number of hydrogen-bond donors (Lipinski definition) is 0. The van der Waals surface area contributed by atoms with Gasteiger partial charge in [0, 0.05) is 30.5 Å². The van der Waals surface area contributed by atoms with Gasteiger partial charge in [-0.2, -0.15) is 0 Å². The van der Waals surface area contributed by atoms with E-state index < -0.39 is 0 Å². The molecule has 2 aromatic heterocycles. The van der Waals surface area contributed by atoms with E-state index in [4.69, 9.17) is 4.74 Å². The largest absolute Gasteiger partial charge is 0.493 e. The molecule has 3 nitrogen and oxygen atoms in total. The Morgan fingerprint density at radius 1 is 1.16 bits per heavy atom. The van der Waals surface area contributed by atoms with E-state index >= 15 is 0 Å². The summed E-state index contributed by atoms with van der Waals surface area (Å²) in [6.07, 6.45) is 5.79. The molecule has 0 amide bonds. The van der Waals surface area contributed by atoms with Gasteiger partial charge in [-0.1, -0.05) is 12.1 Å². The summed E-state index contributed by atoms with van der Waals surface area (Å²) in [7, 11) is 0. The highest BCUT2D eigenvalue weighted by Crippen LogP contribution is 2.27. The van der Waals surface area contributed by atoms with Gasteiger partial charge in [-0.15, -0.1) is 0 Å². The summed E-state index contributed by atoms with van der Waals surface area (Å²) in [5.74, 6) is 0.949. The first-order valence-corrected chi connectivity index (χ1v) is 6.48. The summed E-state index contributed by atoms with van der Waals surface area (Å²) in [6, 6.07) is 12.3. The van der Waals surface area contributed by atoms with Gasteiger partial charge < -0.3 is 9.30 Å². The maximum absolute atomic E-state index is 5.66. The maximum atomic E-state index is 5.66. The zero-order valence-electron chi connectivity index (χ0n) is 10.9. The van der Waals surface area contributed by atoms with Crippen LogP contribution in [0, 0.1) is 0 Å². The van der Waals surface area contributed by atoms with Crippen LogP contribution in [0.4, 0.5) is 0 Å². The van der Waals surface area contributed by atoms with Crippen molar-refractivity contribution < 1.29 is 4.74 Å². The molecule has 0 saturated heterocycles. The maximum Gasteiger partial charge on any atom is 0.128 e. The first kappa shape index (κ1) is 11.8. The molecule has 0 unspecified atom stereocenters. The van der Waals surface area contributed by atoms with Gasteiger partial charge in [0.15, 0.2) is 0 Å². The highest BCUT2D eigenvalue weighted by molar-refractivity contribution is 5.86. The molecule has 2 heterocycles. The van der Waals surface area contributed by atoms with Crippen LogP contribution in [0.5, 0.6) is 5.75 Å². The normalized spacial score (nSPS) is 10.8. The van der Waals surface area contributed by atoms with Crippen molar-refractivity contribution in [3.63, 3.8) is 0 Å². The van der Waals surface area contributed by atoms with Crippen molar-refractivity contribution in [3.05, 3.63) is 60.6 Å². The molecular formula is C16H16N2O. The lowest BCUT2D eigenvalue weighted by molar-refractivity contribution is 0.344. The third-order valence-electron chi connectivity index (χ3n) is 3.15. The molecule has 19 heavy (non-hydrogen) atoms. The minimum atomic E-state index is 0.687. The molecule has 96 valence electrons. The predicted octanol–water partition coefficient (Wildman–Crippen LogP) is 3.48. The van der Waals surface area contributed by atoms with Crippen molar-refractivity contribution in [1.29, 1.82) is 0 Å². The summed E-state index contributed by atoms with van der Waals surface area (Å²) in [5.41, 5.74) is 2.39. The zero-order valence-corrected chi connectivity index (χ0v) is 10.9. The van der Waals surface area contributed by atoms with E-state index in [9.17, 15) is 0 Å². The molecule has 0 saturated carbocycles. The third-order valence-corrected chi connectivity index (χ3v) is 3.15. The molecule has 3 rings (SSSR count). The van der Waals surface area contributed by atoms with Crippen molar-refractivity contribution in [2.75, 3.05) is 6.61 Å². The highest BCUT2D eigenvalue weighted by atomic mass is 16.5. The van der Waals surface area contributed by atoms with Crippen molar-refractivity contribution >= 4 is 10.9 Å². The Labute approximate surface area is 112 Å². The molecule has 3 aromatic rings. The van der Waals surface area contributed by atoms with E-state index in [0.29, 0.717) is 6.61 Å². The van der Waals surface area contributed by atoms with E-state index in [1.165, 1.54) is 11.1 Å². The smallest absolute Gasteiger partial charge is 0.128 e. The predicted molar refractivity (Wildman–Crippen MR) is 76.4 cm³/mol. The second kappa shape index (κ2) is 5.14. The van der Waals surface area contributed by atoms with E-state index in [2.05, 4.69) is 33.9 Å². The standard InChI is InChI=1S/C16H16N2O/c1-2-19-16-7-3-6-15-14(16)8-10-18(15)12-13-5-4-9-17-11-13/h3-11H,2,12H2,1H3. The Kier molecular flexibility index (Phi) is 3.19. The van der Waals surface area contributed by atoms with Crippen LogP contribution in [0.15, 0.2) is 55.0 Å². The van der Waals surface area contributed by atoms with Crippen molar-refractivity contribution in [1.82, 2.24) is 9.55 Å². The molecule has 0 radical (unpaired) electrons. The minimum absolute atomic E-state index is 0.687. The van der Waals surface area contributed by atoms with Crippen molar-refractivity contribution in [3.8, 4) is 5.75 Å².